The molecule has 7 heteroatoms. The van der Waals surface area contributed by atoms with E-state index >= 15 is 0 Å². The molecule has 1 atom stereocenters. The highest BCUT2D eigenvalue weighted by atomic mass is 32.2. The number of hydrogen-bond donors (Lipinski definition) is 2. The van der Waals surface area contributed by atoms with Crippen LogP contribution in [0, 0.1) is 6.92 Å². The summed E-state index contributed by atoms with van der Waals surface area (Å²) in [7, 11) is -0.158. The molecule has 0 saturated carbocycles. The van der Waals surface area contributed by atoms with Gasteiger partial charge in [-0.15, -0.1) is 0 Å². The fourth-order valence-electron chi connectivity index (χ4n) is 1.66. The monoisotopic (exact) mass is 274 g/mol. The third-order valence-electron chi connectivity index (χ3n) is 3.22. The van der Waals surface area contributed by atoms with E-state index < -0.39 is 10.0 Å². The van der Waals surface area contributed by atoms with Crippen molar-refractivity contribution in [3.63, 3.8) is 0 Å². The van der Waals surface area contributed by atoms with Crippen molar-refractivity contribution in [1.82, 2.24) is 19.8 Å². The molecule has 0 aliphatic carbocycles. The van der Waals surface area contributed by atoms with Gasteiger partial charge in [-0.1, -0.05) is 6.92 Å². The van der Waals surface area contributed by atoms with Crippen LogP contribution in [0.2, 0.25) is 0 Å². The lowest BCUT2D eigenvalue weighted by Gasteiger charge is -2.22. The number of aryl methyl sites for hydroxylation is 1. The van der Waals surface area contributed by atoms with Crippen LogP contribution >= 0.6 is 0 Å². The number of sulfonamides is 1. The summed E-state index contributed by atoms with van der Waals surface area (Å²) in [4.78, 5) is 0. The van der Waals surface area contributed by atoms with Crippen molar-refractivity contribution in [3.8, 4) is 0 Å². The zero-order valence-electron chi connectivity index (χ0n) is 11.6. The van der Waals surface area contributed by atoms with Crippen LogP contribution in [-0.2, 0) is 16.6 Å². The molecule has 1 rings (SSSR count). The van der Waals surface area contributed by atoms with Crippen molar-refractivity contribution >= 4 is 10.0 Å². The smallest absolute Gasteiger partial charge is 0.262 e. The molecule has 1 aromatic heterocycles. The normalized spacial score (nSPS) is 14.1. The van der Waals surface area contributed by atoms with Crippen LogP contribution in [0.4, 0.5) is 0 Å². The summed E-state index contributed by atoms with van der Waals surface area (Å²) in [6.45, 7) is 6.14. The van der Waals surface area contributed by atoms with Crippen LogP contribution in [0.15, 0.2) is 5.03 Å². The minimum absolute atomic E-state index is 0.0468. The standard InChI is InChI=1S/C11H22N4O2S/c1-6-8(2)15(5)18(16,17)11-10(7-12-4)9(3)13-14-11/h8,12H,6-7H2,1-5H3,(H,13,14). The summed E-state index contributed by atoms with van der Waals surface area (Å²) >= 11 is 0. The first-order valence-corrected chi connectivity index (χ1v) is 7.46. The predicted molar refractivity (Wildman–Crippen MR) is 70.8 cm³/mol. The molecule has 0 spiro atoms. The lowest BCUT2D eigenvalue weighted by Crippen LogP contribution is -2.35. The second-order valence-electron chi connectivity index (χ2n) is 4.44. The second kappa shape index (κ2) is 5.81. The molecule has 18 heavy (non-hydrogen) atoms. The Bertz CT molecular complexity index is 495. The number of H-pyrrole nitrogens is 1. The molecule has 0 aliphatic heterocycles. The molecule has 1 aromatic rings. The zero-order valence-corrected chi connectivity index (χ0v) is 12.4. The SMILES string of the molecule is CCC(C)N(C)S(=O)(=O)c1n[nH]c(C)c1CNC. The van der Waals surface area contributed by atoms with Gasteiger partial charge in [-0.3, -0.25) is 5.10 Å². The van der Waals surface area contributed by atoms with E-state index in [4.69, 9.17) is 0 Å². The Kier molecular flexibility index (Phi) is 4.89. The Morgan fingerprint density at radius 1 is 1.50 bits per heavy atom. The number of rotatable bonds is 6. The summed E-state index contributed by atoms with van der Waals surface area (Å²) in [6, 6.07) is -0.0468. The molecule has 0 fully saturated rings. The Hall–Kier alpha value is -0.920. The summed E-state index contributed by atoms with van der Waals surface area (Å²) in [5.41, 5.74) is 1.48. The molecule has 1 heterocycles. The first-order chi connectivity index (χ1) is 8.36. The van der Waals surface area contributed by atoms with Crippen LogP contribution in [-0.4, -0.2) is 43.1 Å². The number of hydrogen-bond acceptors (Lipinski definition) is 4. The van der Waals surface area contributed by atoms with E-state index in [1.54, 1.807) is 14.1 Å². The van der Waals surface area contributed by atoms with Gasteiger partial charge in [0, 0.05) is 30.9 Å². The van der Waals surface area contributed by atoms with E-state index in [2.05, 4.69) is 15.5 Å². The molecule has 104 valence electrons. The van der Waals surface area contributed by atoms with Crippen molar-refractivity contribution in [3.05, 3.63) is 11.3 Å². The average Bonchev–Trinajstić information content (AvgIpc) is 2.70. The Morgan fingerprint density at radius 3 is 2.61 bits per heavy atom. The van der Waals surface area contributed by atoms with Gasteiger partial charge in [-0.2, -0.15) is 9.40 Å². The first kappa shape index (κ1) is 15.1. The van der Waals surface area contributed by atoms with Crippen LogP contribution < -0.4 is 5.32 Å². The number of nitrogens with one attached hydrogen (secondary N) is 2. The van der Waals surface area contributed by atoms with Crippen molar-refractivity contribution in [2.75, 3.05) is 14.1 Å². The molecule has 6 nitrogen and oxygen atoms in total. The minimum Gasteiger partial charge on any atom is -0.316 e. The van der Waals surface area contributed by atoms with E-state index in [9.17, 15) is 8.42 Å². The largest absolute Gasteiger partial charge is 0.316 e. The quantitative estimate of drug-likeness (QED) is 0.806. The van der Waals surface area contributed by atoms with Crippen molar-refractivity contribution in [2.24, 2.45) is 0 Å². The molecule has 0 amide bonds. The number of nitrogens with zero attached hydrogens (tertiary/aromatic N) is 2. The van der Waals surface area contributed by atoms with E-state index in [0.717, 1.165) is 12.1 Å². The molecule has 2 N–H and O–H groups in total. The third-order valence-corrected chi connectivity index (χ3v) is 5.17. The Labute approximate surface area is 109 Å². The van der Waals surface area contributed by atoms with E-state index in [1.807, 2.05) is 20.8 Å². The first-order valence-electron chi connectivity index (χ1n) is 6.02. The van der Waals surface area contributed by atoms with Gasteiger partial charge in [0.15, 0.2) is 5.03 Å². The Morgan fingerprint density at radius 2 is 2.11 bits per heavy atom. The van der Waals surface area contributed by atoms with Crippen LogP contribution in [0.25, 0.3) is 0 Å². The van der Waals surface area contributed by atoms with Gasteiger partial charge >= 0.3 is 0 Å². The fraction of sp³-hybridized carbons (Fsp3) is 0.727. The van der Waals surface area contributed by atoms with E-state index in [1.165, 1.54) is 4.31 Å². The number of aromatic amines is 1. The molecule has 0 aromatic carbocycles. The average molecular weight is 274 g/mol. The maximum absolute atomic E-state index is 12.5. The second-order valence-corrected chi connectivity index (χ2v) is 6.35. The summed E-state index contributed by atoms with van der Waals surface area (Å²) < 4.78 is 26.3. The van der Waals surface area contributed by atoms with Gasteiger partial charge in [0.05, 0.1) is 0 Å². The fourth-order valence-corrected chi connectivity index (χ4v) is 3.25. The van der Waals surface area contributed by atoms with Crippen LogP contribution in [0.1, 0.15) is 31.5 Å². The van der Waals surface area contributed by atoms with Crippen molar-refractivity contribution in [1.29, 1.82) is 0 Å². The molecular formula is C11H22N4O2S. The molecule has 0 saturated heterocycles. The summed E-state index contributed by atoms with van der Waals surface area (Å²) in [5.74, 6) is 0. The maximum Gasteiger partial charge on any atom is 0.262 e. The highest BCUT2D eigenvalue weighted by Gasteiger charge is 2.30. The topological polar surface area (TPSA) is 78.1 Å². The number of aromatic nitrogens is 2. The third kappa shape index (κ3) is 2.73. The predicted octanol–water partition coefficient (Wildman–Crippen LogP) is 0.857. The maximum atomic E-state index is 12.5. The summed E-state index contributed by atoms with van der Waals surface area (Å²) in [6.07, 6.45) is 0.764. The van der Waals surface area contributed by atoms with Gasteiger partial charge < -0.3 is 5.32 Å². The van der Waals surface area contributed by atoms with Gasteiger partial charge in [0.1, 0.15) is 0 Å². The van der Waals surface area contributed by atoms with Crippen LogP contribution in [0.3, 0.4) is 0 Å². The summed E-state index contributed by atoms with van der Waals surface area (Å²) in [5, 5.41) is 9.78. The highest BCUT2D eigenvalue weighted by Crippen LogP contribution is 2.21. The molecule has 0 bridgehead atoms. The van der Waals surface area contributed by atoms with Gasteiger partial charge in [0.2, 0.25) is 0 Å². The molecule has 0 radical (unpaired) electrons. The van der Waals surface area contributed by atoms with Gasteiger partial charge in [0.25, 0.3) is 10.0 Å². The van der Waals surface area contributed by atoms with E-state index in [0.29, 0.717) is 12.1 Å². The van der Waals surface area contributed by atoms with Gasteiger partial charge in [-0.05, 0) is 27.3 Å². The molecule has 1 unspecified atom stereocenters. The lowest BCUT2D eigenvalue weighted by atomic mass is 10.3. The van der Waals surface area contributed by atoms with Crippen molar-refractivity contribution in [2.45, 2.75) is 44.8 Å². The van der Waals surface area contributed by atoms with Crippen molar-refractivity contribution < 1.29 is 8.42 Å². The molecule has 0 aliphatic rings. The molecular weight excluding hydrogens is 252 g/mol. The Balaban J connectivity index is 3.20. The van der Waals surface area contributed by atoms with E-state index in [-0.39, 0.29) is 11.1 Å². The van der Waals surface area contributed by atoms with Crippen LogP contribution in [0.5, 0.6) is 0 Å². The zero-order chi connectivity index (χ0) is 13.9. The lowest BCUT2D eigenvalue weighted by molar-refractivity contribution is 0.378. The van der Waals surface area contributed by atoms with Gasteiger partial charge in [-0.25, -0.2) is 8.42 Å². The minimum atomic E-state index is -3.53. The highest BCUT2D eigenvalue weighted by molar-refractivity contribution is 7.89.